The standard InChI is InChI=1S/C14H12ClNO2/c15-12-7-6-11(17)9-13(12)16-14(18)8-10-4-2-1-3-5-10/h1-7,9,17H,8H2,(H,16,18). The summed E-state index contributed by atoms with van der Waals surface area (Å²) in [6.07, 6.45) is 0.271. The first-order chi connectivity index (χ1) is 8.65. The highest BCUT2D eigenvalue weighted by atomic mass is 35.5. The lowest BCUT2D eigenvalue weighted by Crippen LogP contribution is -2.14. The number of halogens is 1. The number of hydrogen-bond donors (Lipinski definition) is 2. The maximum Gasteiger partial charge on any atom is 0.228 e. The van der Waals surface area contributed by atoms with Crippen molar-refractivity contribution < 1.29 is 9.90 Å². The Hall–Kier alpha value is -2.00. The predicted molar refractivity (Wildman–Crippen MR) is 71.9 cm³/mol. The molecule has 1 amide bonds. The van der Waals surface area contributed by atoms with Crippen molar-refractivity contribution in [1.29, 1.82) is 0 Å². The molecule has 92 valence electrons. The van der Waals surface area contributed by atoms with Crippen molar-refractivity contribution in [2.24, 2.45) is 0 Å². The van der Waals surface area contributed by atoms with E-state index >= 15 is 0 Å². The number of hydrogen-bond acceptors (Lipinski definition) is 2. The summed E-state index contributed by atoms with van der Waals surface area (Å²) >= 11 is 5.92. The van der Waals surface area contributed by atoms with Crippen LogP contribution in [0.3, 0.4) is 0 Å². The number of amides is 1. The van der Waals surface area contributed by atoms with Crippen LogP contribution in [0.1, 0.15) is 5.56 Å². The third kappa shape index (κ3) is 3.25. The van der Waals surface area contributed by atoms with Crippen LogP contribution in [0.15, 0.2) is 48.5 Å². The van der Waals surface area contributed by atoms with Crippen LogP contribution >= 0.6 is 11.6 Å². The summed E-state index contributed by atoms with van der Waals surface area (Å²) in [5.74, 6) is -0.108. The highest BCUT2D eigenvalue weighted by Crippen LogP contribution is 2.26. The molecule has 0 saturated heterocycles. The Kier molecular flexibility index (Phi) is 3.85. The molecule has 0 aromatic heterocycles. The predicted octanol–water partition coefficient (Wildman–Crippen LogP) is 3.23. The van der Waals surface area contributed by atoms with E-state index < -0.39 is 0 Å². The van der Waals surface area contributed by atoms with Crippen molar-refractivity contribution in [3.8, 4) is 5.75 Å². The van der Waals surface area contributed by atoms with Crippen LogP contribution in [0.4, 0.5) is 5.69 Å². The molecule has 0 aliphatic heterocycles. The van der Waals surface area contributed by atoms with Gasteiger partial charge in [-0.25, -0.2) is 0 Å². The second kappa shape index (κ2) is 5.56. The zero-order chi connectivity index (χ0) is 13.0. The quantitative estimate of drug-likeness (QED) is 0.891. The normalized spacial score (nSPS) is 10.1. The van der Waals surface area contributed by atoms with E-state index in [0.29, 0.717) is 10.7 Å². The first-order valence-corrected chi connectivity index (χ1v) is 5.85. The number of carbonyl (C=O) groups is 1. The second-order valence-electron chi connectivity index (χ2n) is 3.87. The van der Waals surface area contributed by atoms with Gasteiger partial charge in [-0.3, -0.25) is 4.79 Å². The Morgan fingerprint density at radius 2 is 1.89 bits per heavy atom. The summed E-state index contributed by atoms with van der Waals surface area (Å²) in [7, 11) is 0. The number of carbonyl (C=O) groups excluding carboxylic acids is 1. The zero-order valence-corrected chi connectivity index (χ0v) is 10.3. The summed E-state index contributed by atoms with van der Waals surface area (Å²) in [5.41, 5.74) is 1.34. The first-order valence-electron chi connectivity index (χ1n) is 5.47. The van der Waals surface area contributed by atoms with E-state index in [9.17, 15) is 9.90 Å². The molecule has 0 aliphatic carbocycles. The summed E-state index contributed by atoms with van der Waals surface area (Å²) in [4.78, 5) is 11.8. The van der Waals surface area contributed by atoms with Crippen molar-refractivity contribution in [3.05, 3.63) is 59.1 Å². The molecular weight excluding hydrogens is 250 g/mol. The molecule has 0 radical (unpaired) electrons. The fraction of sp³-hybridized carbons (Fsp3) is 0.0714. The van der Waals surface area contributed by atoms with E-state index in [4.69, 9.17) is 11.6 Å². The maximum atomic E-state index is 11.8. The van der Waals surface area contributed by atoms with Crippen LogP contribution in [-0.2, 0) is 11.2 Å². The highest BCUT2D eigenvalue weighted by molar-refractivity contribution is 6.33. The molecule has 3 nitrogen and oxygen atoms in total. The molecule has 0 fully saturated rings. The molecule has 2 aromatic carbocycles. The van der Waals surface area contributed by atoms with Gasteiger partial charge in [0, 0.05) is 6.07 Å². The van der Waals surface area contributed by atoms with E-state index in [1.54, 1.807) is 0 Å². The van der Waals surface area contributed by atoms with E-state index in [2.05, 4.69) is 5.32 Å². The zero-order valence-electron chi connectivity index (χ0n) is 9.56. The van der Waals surface area contributed by atoms with E-state index in [1.807, 2.05) is 30.3 Å². The number of phenolic OH excluding ortho intramolecular Hbond substituents is 1. The number of rotatable bonds is 3. The Morgan fingerprint density at radius 1 is 1.17 bits per heavy atom. The Morgan fingerprint density at radius 3 is 2.61 bits per heavy atom. The Labute approximate surface area is 110 Å². The number of phenols is 1. The molecule has 4 heteroatoms. The van der Waals surface area contributed by atoms with E-state index in [-0.39, 0.29) is 18.1 Å². The van der Waals surface area contributed by atoms with Crippen molar-refractivity contribution in [3.63, 3.8) is 0 Å². The fourth-order valence-electron chi connectivity index (χ4n) is 1.58. The molecule has 0 unspecified atom stereocenters. The molecule has 0 heterocycles. The summed E-state index contributed by atoms with van der Waals surface area (Å²) in [6, 6.07) is 13.8. The molecule has 2 rings (SSSR count). The lowest BCUT2D eigenvalue weighted by atomic mass is 10.1. The lowest BCUT2D eigenvalue weighted by molar-refractivity contribution is -0.115. The molecular formula is C14H12ClNO2. The number of benzene rings is 2. The summed E-state index contributed by atoms with van der Waals surface area (Å²) < 4.78 is 0. The number of aromatic hydroxyl groups is 1. The average Bonchev–Trinajstić information content (AvgIpc) is 2.35. The highest BCUT2D eigenvalue weighted by Gasteiger charge is 2.07. The smallest absolute Gasteiger partial charge is 0.228 e. The van der Waals surface area contributed by atoms with Gasteiger partial charge in [0.15, 0.2) is 0 Å². The van der Waals surface area contributed by atoms with Gasteiger partial charge in [-0.15, -0.1) is 0 Å². The van der Waals surface area contributed by atoms with Crippen molar-refractivity contribution >= 4 is 23.2 Å². The van der Waals surface area contributed by atoms with Crippen molar-refractivity contribution in [2.45, 2.75) is 6.42 Å². The minimum atomic E-state index is -0.172. The van der Waals surface area contributed by atoms with E-state index in [1.165, 1.54) is 18.2 Å². The van der Waals surface area contributed by atoms with Gasteiger partial charge in [0.2, 0.25) is 5.91 Å². The van der Waals surface area contributed by atoms with Gasteiger partial charge in [0.25, 0.3) is 0 Å². The van der Waals surface area contributed by atoms with Gasteiger partial charge in [0.1, 0.15) is 5.75 Å². The fourth-order valence-corrected chi connectivity index (χ4v) is 1.75. The number of nitrogens with one attached hydrogen (secondary N) is 1. The Balaban J connectivity index is 2.05. The molecule has 0 bridgehead atoms. The van der Waals surface area contributed by atoms with Crippen LogP contribution in [-0.4, -0.2) is 11.0 Å². The van der Waals surface area contributed by atoms with Crippen LogP contribution in [0.2, 0.25) is 5.02 Å². The molecule has 2 N–H and O–H groups in total. The van der Waals surface area contributed by atoms with Gasteiger partial charge in [-0.1, -0.05) is 41.9 Å². The van der Waals surface area contributed by atoms with Gasteiger partial charge in [-0.05, 0) is 17.7 Å². The average molecular weight is 262 g/mol. The maximum absolute atomic E-state index is 11.8. The van der Waals surface area contributed by atoms with Crippen molar-refractivity contribution in [2.75, 3.05) is 5.32 Å². The monoisotopic (exact) mass is 261 g/mol. The molecule has 0 aliphatic rings. The molecule has 0 spiro atoms. The first kappa shape index (κ1) is 12.5. The van der Waals surface area contributed by atoms with Crippen LogP contribution < -0.4 is 5.32 Å². The molecule has 2 aromatic rings. The molecule has 18 heavy (non-hydrogen) atoms. The Bertz CT molecular complexity index is 555. The van der Waals surface area contributed by atoms with Crippen LogP contribution in [0.5, 0.6) is 5.75 Å². The minimum Gasteiger partial charge on any atom is -0.508 e. The van der Waals surface area contributed by atoms with Crippen molar-refractivity contribution in [1.82, 2.24) is 0 Å². The summed E-state index contributed by atoms with van der Waals surface area (Å²) in [6.45, 7) is 0. The third-order valence-electron chi connectivity index (χ3n) is 2.43. The number of anilines is 1. The lowest BCUT2D eigenvalue weighted by Gasteiger charge is -2.07. The topological polar surface area (TPSA) is 49.3 Å². The van der Waals surface area contributed by atoms with Gasteiger partial charge in [-0.2, -0.15) is 0 Å². The third-order valence-corrected chi connectivity index (χ3v) is 2.76. The minimum absolute atomic E-state index is 0.0643. The van der Waals surface area contributed by atoms with Gasteiger partial charge in [0.05, 0.1) is 17.1 Å². The van der Waals surface area contributed by atoms with Gasteiger partial charge >= 0.3 is 0 Å². The van der Waals surface area contributed by atoms with Crippen LogP contribution in [0.25, 0.3) is 0 Å². The largest absolute Gasteiger partial charge is 0.508 e. The van der Waals surface area contributed by atoms with Gasteiger partial charge < -0.3 is 10.4 Å². The van der Waals surface area contributed by atoms with E-state index in [0.717, 1.165) is 5.56 Å². The second-order valence-corrected chi connectivity index (χ2v) is 4.28. The molecule has 0 saturated carbocycles. The summed E-state index contributed by atoms with van der Waals surface area (Å²) in [5, 5.41) is 12.4. The molecule has 0 atom stereocenters. The SMILES string of the molecule is O=C(Cc1ccccc1)Nc1cc(O)ccc1Cl. The van der Waals surface area contributed by atoms with Crippen LogP contribution in [0, 0.1) is 0 Å².